The van der Waals surface area contributed by atoms with Crippen LogP contribution in [0.1, 0.15) is 75.5 Å². The number of benzene rings is 1. The van der Waals surface area contributed by atoms with Crippen LogP contribution in [-0.4, -0.2) is 51.1 Å². The molecular weight excluding hydrogens is 495 g/mol. The predicted molar refractivity (Wildman–Crippen MR) is 131 cm³/mol. The lowest BCUT2D eigenvalue weighted by Gasteiger charge is -2.31. The number of carbonyl (C=O) groups excluding carboxylic acids is 1. The summed E-state index contributed by atoms with van der Waals surface area (Å²) in [5.74, 6) is -0.0365. The van der Waals surface area contributed by atoms with Crippen molar-refractivity contribution in [1.29, 1.82) is 0 Å². The molecule has 2 aliphatic heterocycles. The maximum Gasteiger partial charge on any atom is 0.416 e. The van der Waals surface area contributed by atoms with Crippen LogP contribution in [0.4, 0.5) is 13.2 Å². The van der Waals surface area contributed by atoms with Gasteiger partial charge in [0, 0.05) is 44.8 Å². The molecule has 0 bridgehead atoms. The number of nitrogens with two attached hydrogens (primary N) is 1. The molecule has 0 spiro atoms. The Bertz CT molecular complexity index is 1000. The summed E-state index contributed by atoms with van der Waals surface area (Å²) in [6.07, 6.45) is 3.85. The summed E-state index contributed by atoms with van der Waals surface area (Å²) in [6.45, 7) is 5.88. The number of ether oxygens (including phenoxy) is 1. The van der Waals surface area contributed by atoms with Crippen molar-refractivity contribution in [3.63, 3.8) is 0 Å². The molecule has 1 aliphatic carbocycles. The number of primary sulfonamides is 1. The van der Waals surface area contributed by atoms with Gasteiger partial charge in [-0.3, -0.25) is 4.79 Å². The van der Waals surface area contributed by atoms with Gasteiger partial charge in [-0.25, -0.2) is 13.6 Å². The lowest BCUT2D eigenvalue weighted by molar-refractivity contribution is -0.137. The van der Waals surface area contributed by atoms with Gasteiger partial charge >= 0.3 is 6.18 Å². The van der Waals surface area contributed by atoms with Gasteiger partial charge in [0.2, 0.25) is 15.9 Å². The minimum absolute atomic E-state index is 0.0483. The third kappa shape index (κ3) is 8.16. The first kappa shape index (κ1) is 28.9. The highest BCUT2D eigenvalue weighted by Crippen LogP contribution is 2.35. The monoisotopic (exact) mass is 533 g/mol. The Morgan fingerprint density at radius 2 is 1.75 bits per heavy atom. The van der Waals surface area contributed by atoms with Gasteiger partial charge in [-0.05, 0) is 61.3 Å². The lowest BCUT2D eigenvalue weighted by atomic mass is 9.96. The first-order valence-electron chi connectivity index (χ1n) is 12.7. The number of amides is 1. The zero-order valence-electron chi connectivity index (χ0n) is 21.1. The first-order valence-corrected chi connectivity index (χ1v) is 14.3. The second-order valence-corrected chi connectivity index (χ2v) is 11.9. The maximum absolute atomic E-state index is 13.0. The zero-order valence-corrected chi connectivity index (χ0v) is 21.9. The number of sulfonamides is 1. The third-order valence-corrected chi connectivity index (χ3v) is 7.89. The van der Waals surface area contributed by atoms with Crippen LogP contribution in [0, 0.1) is 5.92 Å². The van der Waals surface area contributed by atoms with Crippen molar-refractivity contribution in [3.8, 4) is 0 Å². The largest absolute Gasteiger partial charge is 0.416 e. The number of hydrogen-bond acceptors (Lipinski definition) is 5. The van der Waals surface area contributed by atoms with Gasteiger partial charge in [0.15, 0.2) is 0 Å². The highest BCUT2D eigenvalue weighted by Gasteiger charge is 2.35. The van der Waals surface area contributed by atoms with Gasteiger partial charge < -0.3 is 15.0 Å². The van der Waals surface area contributed by atoms with Crippen molar-refractivity contribution in [1.82, 2.24) is 10.2 Å². The lowest BCUT2D eigenvalue weighted by Crippen LogP contribution is -2.40. The third-order valence-electron chi connectivity index (χ3n) is 6.91. The van der Waals surface area contributed by atoms with E-state index >= 15 is 0 Å². The van der Waals surface area contributed by atoms with E-state index in [0.717, 1.165) is 31.4 Å². The van der Waals surface area contributed by atoms with Crippen molar-refractivity contribution in [2.24, 2.45) is 11.1 Å². The summed E-state index contributed by atoms with van der Waals surface area (Å²) >= 11 is 0. The number of fused-ring (bicyclic) bond motifs is 1. The molecule has 2 fully saturated rings. The molecule has 204 valence electrons. The van der Waals surface area contributed by atoms with Gasteiger partial charge in [0.1, 0.15) is 0 Å². The van der Waals surface area contributed by atoms with Gasteiger partial charge in [-0.1, -0.05) is 26.7 Å². The fourth-order valence-corrected chi connectivity index (χ4v) is 5.93. The molecule has 3 aliphatic rings. The standard InChI is InChI=1S/C15H19F3N2O3S.C10H19NO/c1-9(2)5-14(21)20-4-3-12-10(8-20)6-11(15(16,17)18)7-13(12)24(19,22)23;1-2-4-9(3-1)11-10-5-7-12-8-6-10/h6-7,9H,3-5,8H2,1-2H3,(H2,19,22,23);9-11H,1-8H2. The van der Waals surface area contributed by atoms with Crippen LogP contribution in [0.15, 0.2) is 17.0 Å². The smallest absolute Gasteiger partial charge is 0.381 e. The number of rotatable bonds is 5. The number of carbonyl (C=O) groups is 1. The van der Waals surface area contributed by atoms with Crippen LogP contribution in [0.3, 0.4) is 0 Å². The van der Waals surface area contributed by atoms with Crippen molar-refractivity contribution < 1.29 is 31.1 Å². The van der Waals surface area contributed by atoms with Crippen molar-refractivity contribution in [3.05, 3.63) is 28.8 Å². The Morgan fingerprint density at radius 3 is 2.31 bits per heavy atom. The molecule has 11 heteroatoms. The van der Waals surface area contributed by atoms with Gasteiger partial charge in [0.25, 0.3) is 0 Å². The number of hydrogen-bond donors (Lipinski definition) is 2. The van der Waals surface area contributed by atoms with E-state index in [9.17, 15) is 26.4 Å². The molecule has 0 unspecified atom stereocenters. The summed E-state index contributed by atoms with van der Waals surface area (Å²) in [4.78, 5) is 13.1. The molecule has 1 saturated carbocycles. The van der Waals surface area contributed by atoms with E-state index in [1.807, 2.05) is 13.8 Å². The highest BCUT2D eigenvalue weighted by atomic mass is 32.2. The fourth-order valence-electron chi connectivity index (χ4n) is 5.06. The van der Waals surface area contributed by atoms with E-state index < -0.39 is 26.7 Å². The zero-order chi connectivity index (χ0) is 26.5. The van der Waals surface area contributed by atoms with Crippen LogP contribution in [0.25, 0.3) is 0 Å². The first-order chi connectivity index (χ1) is 16.8. The van der Waals surface area contributed by atoms with Gasteiger partial charge in [-0.2, -0.15) is 13.2 Å². The molecule has 36 heavy (non-hydrogen) atoms. The molecule has 0 atom stereocenters. The average molecular weight is 534 g/mol. The molecule has 1 saturated heterocycles. The number of alkyl halides is 3. The topological polar surface area (TPSA) is 102 Å². The van der Waals surface area contributed by atoms with Crippen molar-refractivity contribution >= 4 is 15.9 Å². The molecule has 1 amide bonds. The SMILES string of the molecule is C1CCC(NC2CCOCC2)C1.CC(C)CC(=O)N1CCc2c(cc(C(F)(F)F)cc2S(N)(=O)=O)C1. The molecule has 4 rings (SSSR count). The molecule has 2 heterocycles. The Labute approximate surface area is 212 Å². The van der Waals surface area contributed by atoms with E-state index in [2.05, 4.69) is 5.32 Å². The molecule has 1 aromatic carbocycles. The van der Waals surface area contributed by atoms with E-state index in [1.54, 1.807) is 0 Å². The number of halogens is 3. The molecule has 7 nitrogen and oxygen atoms in total. The quantitative estimate of drug-likeness (QED) is 0.596. The average Bonchev–Trinajstić information content (AvgIpc) is 3.30. The van der Waals surface area contributed by atoms with Crippen LogP contribution in [0.2, 0.25) is 0 Å². The van der Waals surface area contributed by atoms with Crippen LogP contribution in [0.5, 0.6) is 0 Å². The maximum atomic E-state index is 13.0. The van der Waals surface area contributed by atoms with E-state index in [0.29, 0.717) is 6.07 Å². The second kappa shape index (κ2) is 12.2. The van der Waals surface area contributed by atoms with E-state index in [-0.39, 0.29) is 48.9 Å². The Balaban J connectivity index is 0.000000249. The molecule has 0 radical (unpaired) electrons. The predicted octanol–water partition coefficient (Wildman–Crippen LogP) is 3.98. The summed E-state index contributed by atoms with van der Waals surface area (Å²) in [6, 6.07) is 3.05. The highest BCUT2D eigenvalue weighted by molar-refractivity contribution is 7.89. The second-order valence-electron chi connectivity index (χ2n) is 10.4. The van der Waals surface area contributed by atoms with E-state index in [1.165, 1.54) is 43.4 Å². The normalized spacial score (nSPS) is 19.7. The minimum Gasteiger partial charge on any atom is -0.381 e. The summed E-state index contributed by atoms with van der Waals surface area (Å²) in [7, 11) is -4.29. The Morgan fingerprint density at radius 1 is 1.14 bits per heavy atom. The van der Waals surface area contributed by atoms with Gasteiger partial charge in [0.05, 0.1) is 10.5 Å². The van der Waals surface area contributed by atoms with Crippen molar-refractivity contribution in [2.75, 3.05) is 19.8 Å². The Kier molecular flexibility index (Phi) is 9.81. The Hall–Kier alpha value is -1.69. The molecule has 3 N–H and O–H groups in total. The molecule has 0 aromatic heterocycles. The summed E-state index contributed by atoms with van der Waals surface area (Å²) in [5.41, 5.74) is -0.639. The van der Waals surface area contributed by atoms with Crippen molar-refractivity contribution in [2.45, 2.75) is 94.9 Å². The molecular formula is C25H38F3N3O4S. The summed E-state index contributed by atoms with van der Waals surface area (Å²) in [5, 5.41) is 8.82. The number of nitrogens with zero attached hydrogens (tertiary/aromatic N) is 1. The summed E-state index contributed by atoms with van der Waals surface area (Å²) < 4.78 is 67.8. The van der Waals surface area contributed by atoms with Gasteiger partial charge in [-0.15, -0.1) is 0 Å². The minimum atomic E-state index is -4.70. The van der Waals surface area contributed by atoms with Crippen LogP contribution < -0.4 is 10.5 Å². The van der Waals surface area contributed by atoms with E-state index in [4.69, 9.17) is 9.88 Å². The van der Waals surface area contributed by atoms with Crippen LogP contribution >= 0.6 is 0 Å². The fraction of sp³-hybridized carbons (Fsp3) is 0.720. The van der Waals surface area contributed by atoms with Crippen LogP contribution in [-0.2, 0) is 38.7 Å². The number of nitrogens with one attached hydrogen (secondary N) is 1. The molecule has 1 aromatic rings.